The van der Waals surface area contributed by atoms with Crippen LogP contribution in [-0.4, -0.2) is 41.6 Å². The molecule has 0 spiro atoms. The van der Waals surface area contributed by atoms with Gasteiger partial charge >= 0.3 is 0 Å². The fourth-order valence-electron chi connectivity index (χ4n) is 4.02. The maximum absolute atomic E-state index is 13.3. The van der Waals surface area contributed by atoms with E-state index in [0.717, 1.165) is 24.6 Å². The number of hydrogen-bond acceptors (Lipinski definition) is 6. The minimum atomic E-state index is -1.10. The Morgan fingerprint density at radius 3 is 2.70 bits per heavy atom. The van der Waals surface area contributed by atoms with E-state index in [0.29, 0.717) is 18.9 Å². The number of amides is 1. The molecule has 1 aliphatic rings. The summed E-state index contributed by atoms with van der Waals surface area (Å²) < 4.78 is 13.3. The van der Waals surface area contributed by atoms with Crippen molar-refractivity contribution in [3.8, 4) is 6.07 Å². The quantitative estimate of drug-likeness (QED) is 0.474. The number of halogens is 1. The molecule has 3 rings (SSSR count). The minimum absolute atomic E-state index is 0.0378. The molecule has 0 bridgehead atoms. The van der Waals surface area contributed by atoms with Crippen molar-refractivity contribution in [2.75, 3.05) is 11.9 Å². The molecule has 1 unspecified atom stereocenters. The lowest BCUT2D eigenvalue weighted by molar-refractivity contribution is -0.118. The van der Waals surface area contributed by atoms with E-state index >= 15 is 0 Å². The minimum Gasteiger partial charge on any atom is -0.386 e. The number of para-hydroxylation sites is 1. The predicted molar refractivity (Wildman–Crippen MR) is 124 cm³/mol. The lowest BCUT2D eigenvalue weighted by Gasteiger charge is -2.40. The number of nitrogens with two attached hydrogens (primary N) is 2. The summed E-state index contributed by atoms with van der Waals surface area (Å²) in [4.78, 5) is 26.2. The normalized spacial score (nSPS) is 21.7. The Morgan fingerprint density at radius 2 is 2.09 bits per heavy atom. The molecule has 1 fully saturated rings. The number of amidine groups is 1. The maximum atomic E-state index is 13.3. The second-order valence-electron chi connectivity index (χ2n) is 8.13. The molecule has 33 heavy (non-hydrogen) atoms. The van der Waals surface area contributed by atoms with Crippen LogP contribution >= 0.6 is 0 Å². The van der Waals surface area contributed by atoms with Gasteiger partial charge in [-0.1, -0.05) is 18.2 Å². The SMILES string of the molecule is CN(c1ccccc1)C1CCC(CC#N)(N=CC(C(N)=O)C(N)=Nc2c#cnc(F)c2)CC1. The summed E-state index contributed by atoms with van der Waals surface area (Å²) in [6.07, 6.45) is 6.86. The first-order valence-electron chi connectivity index (χ1n) is 10.6. The predicted octanol–water partition coefficient (Wildman–Crippen LogP) is 2.71. The van der Waals surface area contributed by atoms with Gasteiger partial charge in [-0.3, -0.25) is 9.79 Å². The van der Waals surface area contributed by atoms with Crippen molar-refractivity contribution in [3.05, 3.63) is 54.6 Å². The van der Waals surface area contributed by atoms with Crippen LogP contribution in [0.15, 0.2) is 46.4 Å². The van der Waals surface area contributed by atoms with Crippen molar-refractivity contribution in [2.45, 2.75) is 43.7 Å². The molecular weight excluding hydrogens is 421 g/mol. The van der Waals surface area contributed by atoms with E-state index < -0.39 is 23.3 Å². The summed E-state index contributed by atoms with van der Waals surface area (Å²) in [5.74, 6) is -2.79. The van der Waals surface area contributed by atoms with Crippen molar-refractivity contribution in [1.29, 1.82) is 5.26 Å². The Balaban J connectivity index is 1.75. The topological polar surface area (TPSA) is 134 Å². The van der Waals surface area contributed by atoms with Crippen molar-refractivity contribution < 1.29 is 9.18 Å². The van der Waals surface area contributed by atoms with Crippen molar-refractivity contribution in [1.82, 2.24) is 4.98 Å². The average Bonchev–Trinajstić information content (AvgIpc) is 2.80. The highest BCUT2D eigenvalue weighted by Crippen LogP contribution is 2.37. The van der Waals surface area contributed by atoms with Crippen LogP contribution in [0.5, 0.6) is 0 Å². The molecule has 1 heterocycles. The molecular formula is C24H26FN7O. The summed E-state index contributed by atoms with van der Waals surface area (Å²) in [6, 6.07) is 16.2. The molecule has 8 nitrogen and oxygen atoms in total. The van der Waals surface area contributed by atoms with Crippen LogP contribution in [0.4, 0.5) is 15.8 Å². The van der Waals surface area contributed by atoms with Crippen LogP contribution in [0.25, 0.3) is 0 Å². The molecule has 1 aromatic heterocycles. The number of aliphatic imine (C=N–C) groups is 2. The van der Waals surface area contributed by atoms with Gasteiger partial charge in [0.1, 0.15) is 17.4 Å². The molecule has 0 saturated heterocycles. The van der Waals surface area contributed by atoms with Gasteiger partial charge in [-0.2, -0.15) is 14.6 Å². The highest BCUT2D eigenvalue weighted by atomic mass is 19.1. The van der Waals surface area contributed by atoms with E-state index in [9.17, 15) is 14.4 Å². The molecule has 1 aliphatic carbocycles. The molecule has 0 radical (unpaired) electrons. The van der Waals surface area contributed by atoms with E-state index in [4.69, 9.17) is 11.5 Å². The monoisotopic (exact) mass is 447 g/mol. The Labute approximate surface area is 192 Å². The van der Waals surface area contributed by atoms with Crippen LogP contribution in [-0.2, 0) is 4.79 Å². The Hall–Kier alpha value is -3.98. The highest BCUT2D eigenvalue weighted by Gasteiger charge is 2.36. The second kappa shape index (κ2) is 10.6. The largest absolute Gasteiger partial charge is 0.386 e. The number of anilines is 1. The lowest BCUT2D eigenvalue weighted by Crippen LogP contribution is -2.42. The zero-order valence-corrected chi connectivity index (χ0v) is 18.4. The molecule has 1 amide bonds. The average molecular weight is 448 g/mol. The first kappa shape index (κ1) is 23.7. The third-order valence-electron chi connectivity index (χ3n) is 5.98. The smallest absolute Gasteiger partial charge is 0.233 e. The first-order chi connectivity index (χ1) is 15.8. The molecule has 1 aromatic carbocycles. The van der Waals surface area contributed by atoms with Gasteiger partial charge in [0.2, 0.25) is 11.9 Å². The van der Waals surface area contributed by atoms with Crippen LogP contribution in [0, 0.1) is 35.5 Å². The van der Waals surface area contributed by atoms with Gasteiger partial charge in [0.15, 0.2) is 0 Å². The Bertz CT molecular complexity index is 1060. The number of nitriles is 1. The van der Waals surface area contributed by atoms with Gasteiger partial charge < -0.3 is 16.4 Å². The Morgan fingerprint density at radius 1 is 1.39 bits per heavy atom. The van der Waals surface area contributed by atoms with Gasteiger partial charge in [0, 0.05) is 37.3 Å². The molecule has 170 valence electrons. The molecule has 1 atom stereocenters. The van der Waals surface area contributed by atoms with Crippen LogP contribution in [0.1, 0.15) is 32.1 Å². The van der Waals surface area contributed by atoms with Crippen LogP contribution in [0.2, 0.25) is 0 Å². The number of hydrogen-bond donors (Lipinski definition) is 2. The standard InChI is InChI=1S/C24H26FN7O/c1-32(18-5-3-2-4-6-18)19-7-10-24(11-8-19,12-13-26)30-16-20(23(28)33)22(27)31-17-9-14-29-21(25)15-17/h2-6,15-16,19-20H,7-8,10-12H2,1H3,(H2,27,31)(H2,28,33). The number of carbonyl (C=O) groups is 1. The number of nitrogens with zero attached hydrogens (tertiary/aromatic N) is 5. The number of aromatic nitrogens is 1. The number of benzene rings is 1. The van der Waals surface area contributed by atoms with E-state index in [1.807, 2.05) is 18.2 Å². The summed E-state index contributed by atoms with van der Waals surface area (Å²) >= 11 is 0. The van der Waals surface area contributed by atoms with Gasteiger partial charge in [0.25, 0.3) is 0 Å². The molecule has 9 heteroatoms. The zero-order chi connectivity index (χ0) is 23.8. The number of primary amides is 1. The van der Waals surface area contributed by atoms with E-state index in [2.05, 4.69) is 57.4 Å². The summed E-state index contributed by atoms with van der Waals surface area (Å²) in [5.41, 5.74) is 12.0. The van der Waals surface area contributed by atoms with Gasteiger partial charge in [0.05, 0.1) is 18.0 Å². The van der Waals surface area contributed by atoms with E-state index in [1.165, 1.54) is 6.21 Å². The third-order valence-corrected chi connectivity index (χ3v) is 5.98. The molecule has 2 aromatic rings. The molecule has 1 saturated carbocycles. The van der Waals surface area contributed by atoms with Crippen LogP contribution in [0.3, 0.4) is 0 Å². The summed E-state index contributed by atoms with van der Waals surface area (Å²) in [7, 11) is 2.07. The van der Waals surface area contributed by atoms with Gasteiger partial charge in [-0.15, -0.1) is 0 Å². The fraction of sp³-hybridized carbons (Fsp3) is 0.375. The lowest BCUT2D eigenvalue weighted by atomic mass is 9.77. The third kappa shape index (κ3) is 6.05. The summed E-state index contributed by atoms with van der Waals surface area (Å²) in [6.45, 7) is 0. The van der Waals surface area contributed by atoms with E-state index in [1.54, 1.807) is 0 Å². The second-order valence-corrected chi connectivity index (χ2v) is 8.13. The fourth-order valence-corrected chi connectivity index (χ4v) is 4.02. The van der Waals surface area contributed by atoms with Crippen molar-refractivity contribution in [2.24, 2.45) is 27.4 Å². The zero-order valence-electron chi connectivity index (χ0n) is 18.4. The maximum Gasteiger partial charge on any atom is 0.233 e. The van der Waals surface area contributed by atoms with Gasteiger partial charge in [-0.05, 0) is 43.9 Å². The van der Waals surface area contributed by atoms with Gasteiger partial charge in [-0.25, -0.2) is 4.99 Å². The molecule has 4 N–H and O–H groups in total. The van der Waals surface area contributed by atoms with E-state index in [-0.39, 0.29) is 17.9 Å². The van der Waals surface area contributed by atoms with Crippen LogP contribution < -0.4 is 16.4 Å². The first-order valence-corrected chi connectivity index (χ1v) is 10.6. The Kier molecular flexibility index (Phi) is 7.57. The van der Waals surface area contributed by atoms with Crippen molar-refractivity contribution >= 4 is 29.3 Å². The van der Waals surface area contributed by atoms with Crippen molar-refractivity contribution in [3.63, 3.8) is 0 Å². The number of carbonyl (C=O) groups excluding carboxylic acids is 1. The summed E-state index contributed by atoms with van der Waals surface area (Å²) in [5, 5.41) is 9.42. The highest BCUT2D eigenvalue weighted by molar-refractivity contribution is 6.14. The number of rotatable bonds is 8. The molecule has 0 aliphatic heterocycles.